The monoisotopic (exact) mass is 372 g/mol. The molecule has 3 saturated carbocycles. The van der Waals surface area contributed by atoms with E-state index in [9.17, 15) is 0 Å². The molecule has 0 aromatic carbocycles. The van der Waals surface area contributed by atoms with Crippen molar-refractivity contribution in [3.63, 3.8) is 0 Å². The molecule has 0 N–H and O–H groups in total. The third-order valence-corrected chi connectivity index (χ3v) is 9.65. The van der Waals surface area contributed by atoms with Gasteiger partial charge in [0.25, 0.3) is 0 Å². The van der Waals surface area contributed by atoms with Crippen LogP contribution in [0.5, 0.6) is 0 Å². The number of fused-ring (bicyclic) bond motifs is 5. The standard InChI is InChI=1S/C24H40OSi/c1-6-15-24(25-26(3,4)5)17-14-22-21-12-11-18-9-7-8-10-19(18)20(21)13-16-23(22,24)2/h6,9,19-22H,1,7-8,10-17H2,2-5H3. The van der Waals surface area contributed by atoms with Gasteiger partial charge >= 0.3 is 0 Å². The van der Waals surface area contributed by atoms with Gasteiger partial charge in [0.05, 0.1) is 5.60 Å². The zero-order valence-corrected chi connectivity index (χ0v) is 18.7. The molecule has 0 saturated heterocycles. The summed E-state index contributed by atoms with van der Waals surface area (Å²) in [4.78, 5) is 0. The maximum atomic E-state index is 7.04. The maximum Gasteiger partial charge on any atom is 0.184 e. The Kier molecular flexibility index (Phi) is 4.84. The predicted molar refractivity (Wildman–Crippen MR) is 114 cm³/mol. The topological polar surface area (TPSA) is 9.23 Å². The highest BCUT2D eigenvalue weighted by Crippen LogP contribution is 2.67. The average Bonchev–Trinajstić information content (AvgIpc) is 2.86. The van der Waals surface area contributed by atoms with Crippen LogP contribution in [0.25, 0.3) is 0 Å². The Bertz CT molecular complexity index is 588. The SMILES string of the molecule is C=CCC1(O[Si](C)(C)C)CCC2C3CCC4=CCCCC4C3CCC21C. The summed E-state index contributed by atoms with van der Waals surface area (Å²) in [7, 11) is -1.58. The molecular weight excluding hydrogens is 332 g/mol. The summed E-state index contributed by atoms with van der Waals surface area (Å²) in [6, 6.07) is 0. The van der Waals surface area contributed by atoms with Gasteiger partial charge in [-0.1, -0.05) is 24.6 Å². The van der Waals surface area contributed by atoms with E-state index in [0.29, 0.717) is 5.41 Å². The lowest BCUT2D eigenvalue weighted by Gasteiger charge is -2.57. The van der Waals surface area contributed by atoms with Crippen LogP contribution in [0.4, 0.5) is 0 Å². The van der Waals surface area contributed by atoms with Crippen LogP contribution in [0.3, 0.4) is 0 Å². The number of rotatable bonds is 4. The summed E-state index contributed by atoms with van der Waals surface area (Å²) < 4.78 is 7.04. The van der Waals surface area contributed by atoms with Crippen LogP contribution >= 0.6 is 0 Å². The van der Waals surface area contributed by atoms with Crippen LogP contribution in [-0.2, 0) is 4.43 Å². The first-order chi connectivity index (χ1) is 12.3. The lowest BCUT2D eigenvalue weighted by Crippen LogP contribution is -2.56. The van der Waals surface area contributed by atoms with Crippen molar-refractivity contribution in [2.45, 2.75) is 96.4 Å². The highest BCUT2D eigenvalue weighted by atomic mass is 28.4. The Morgan fingerprint density at radius 3 is 2.69 bits per heavy atom. The second-order valence-corrected chi connectivity index (χ2v) is 15.4. The summed E-state index contributed by atoms with van der Waals surface area (Å²) >= 11 is 0. The second kappa shape index (κ2) is 6.62. The van der Waals surface area contributed by atoms with Crippen molar-refractivity contribution in [3.8, 4) is 0 Å². The third-order valence-electron chi connectivity index (χ3n) is 8.64. The van der Waals surface area contributed by atoms with Crippen LogP contribution in [0.2, 0.25) is 19.6 Å². The molecule has 4 rings (SSSR count). The third kappa shape index (κ3) is 2.90. The van der Waals surface area contributed by atoms with E-state index >= 15 is 0 Å². The van der Waals surface area contributed by atoms with Gasteiger partial charge in [0.1, 0.15) is 0 Å². The van der Waals surface area contributed by atoms with E-state index in [1.54, 1.807) is 0 Å². The summed E-state index contributed by atoms with van der Waals surface area (Å²) in [6.07, 6.45) is 18.4. The van der Waals surface area contributed by atoms with Gasteiger partial charge in [-0.25, -0.2) is 0 Å². The van der Waals surface area contributed by atoms with E-state index in [1.807, 2.05) is 5.57 Å². The van der Waals surface area contributed by atoms with Crippen molar-refractivity contribution >= 4 is 8.32 Å². The van der Waals surface area contributed by atoms with Gasteiger partial charge in [0.2, 0.25) is 0 Å². The largest absolute Gasteiger partial charge is 0.411 e. The summed E-state index contributed by atoms with van der Waals surface area (Å²) in [5, 5.41) is 0. The molecule has 2 heteroatoms. The smallest absolute Gasteiger partial charge is 0.184 e. The van der Waals surface area contributed by atoms with Crippen molar-refractivity contribution in [3.05, 3.63) is 24.3 Å². The molecule has 0 bridgehead atoms. The van der Waals surface area contributed by atoms with Gasteiger partial charge in [-0.2, -0.15) is 0 Å². The highest BCUT2D eigenvalue weighted by Gasteiger charge is 2.63. The van der Waals surface area contributed by atoms with E-state index in [2.05, 4.69) is 45.3 Å². The molecule has 146 valence electrons. The molecular formula is C24H40OSi. The minimum Gasteiger partial charge on any atom is -0.411 e. The molecule has 4 aliphatic rings. The fourth-order valence-corrected chi connectivity index (χ4v) is 9.35. The molecule has 0 aromatic heterocycles. The lowest BCUT2D eigenvalue weighted by atomic mass is 9.50. The Labute approximate surface area is 162 Å². The highest BCUT2D eigenvalue weighted by molar-refractivity contribution is 6.69. The lowest BCUT2D eigenvalue weighted by molar-refractivity contribution is -0.105. The van der Waals surface area contributed by atoms with Crippen LogP contribution in [0, 0.1) is 29.1 Å². The van der Waals surface area contributed by atoms with Gasteiger partial charge < -0.3 is 4.43 Å². The van der Waals surface area contributed by atoms with E-state index < -0.39 is 8.32 Å². The van der Waals surface area contributed by atoms with Crippen molar-refractivity contribution in [2.24, 2.45) is 29.1 Å². The molecule has 6 atom stereocenters. The van der Waals surface area contributed by atoms with E-state index in [-0.39, 0.29) is 5.60 Å². The molecule has 4 aliphatic carbocycles. The Hall–Kier alpha value is -0.343. The summed E-state index contributed by atoms with van der Waals surface area (Å²) in [6.45, 7) is 13.9. The van der Waals surface area contributed by atoms with Crippen LogP contribution in [0.1, 0.15) is 71.1 Å². The molecule has 0 aliphatic heterocycles. The van der Waals surface area contributed by atoms with E-state index in [4.69, 9.17) is 4.43 Å². The molecule has 0 amide bonds. The van der Waals surface area contributed by atoms with Crippen molar-refractivity contribution in [2.75, 3.05) is 0 Å². The molecule has 0 aromatic rings. The molecule has 0 spiro atoms. The fraction of sp³-hybridized carbons (Fsp3) is 0.833. The number of hydrogen-bond acceptors (Lipinski definition) is 1. The van der Waals surface area contributed by atoms with Gasteiger partial charge in [-0.05, 0) is 113 Å². The summed E-state index contributed by atoms with van der Waals surface area (Å²) in [5.74, 6) is 3.73. The molecule has 1 nitrogen and oxygen atoms in total. The van der Waals surface area contributed by atoms with Gasteiger partial charge in [-0.15, -0.1) is 6.58 Å². The summed E-state index contributed by atoms with van der Waals surface area (Å²) in [5.41, 5.74) is 2.27. The molecule has 0 heterocycles. The zero-order valence-electron chi connectivity index (χ0n) is 17.7. The molecule has 26 heavy (non-hydrogen) atoms. The Balaban J connectivity index is 1.64. The van der Waals surface area contributed by atoms with Crippen LogP contribution in [0.15, 0.2) is 24.3 Å². The van der Waals surface area contributed by atoms with Crippen molar-refractivity contribution in [1.82, 2.24) is 0 Å². The Morgan fingerprint density at radius 1 is 1.15 bits per heavy atom. The first kappa shape index (κ1) is 19.0. The van der Waals surface area contributed by atoms with Crippen LogP contribution in [-0.4, -0.2) is 13.9 Å². The fourth-order valence-electron chi connectivity index (χ4n) is 7.76. The average molecular weight is 373 g/mol. The van der Waals surface area contributed by atoms with Crippen molar-refractivity contribution < 1.29 is 4.43 Å². The first-order valence-corrected chi connectivity index (χ1v) is 14.7. The second-order valence-electron chi connectivity index (χ2n) is 11.0. The van der Waals surface area contributed by atoms with Crippen molar-refractivity contribution in [1.29, 1.82) is 0 Å². The molecule has 0 radical (unpaired) electrons. The number of allylic oxidation sites excluding steroid dienone is 2. The first-order valence-electron chi connectivity index (χ1n) is 11.3. The predicted octanol–water partition coefficient (Wildman–Crippen LogP) is 7.12. The Morgan fingerprint density at radius 2 is 1.96 bits per heavy atom. The molecule has 3 fully saturated rings. The van der Waals surface area contributed by atoms with Gasteiger partial charge in [0.15, 0.2) is 8.32 Å². The van der Waals surface area contributed by atoms with Crippen LogP contribution < -0.4 is 0 Å². The van der Waals surface area contributed by atoms with Gasteiger partial charge in [0, 0.05) is 0 Å². The molecule has 6 unspecified atom stereocenters. The van der Waals surface area contributed by atoms with E-state index in [0.717, 1.165) is 30.1 Å². The minimum absolute atomic E-state index is 0.0670. The normalized spacial score (nSPS) is 45.3. The zero-order chi connectivity index (χ0) is 18.6. The van der Waals surface area contributed by atoms with E-state index in [1.165, 1.54) is 57.8 Å². The minimum atomic E-state index is -1.58. The maximum absolute atomic E-state index is 7.04. The number of hydrogen-bond donors (Lipinski definition) is 0. The quantitative estimate of drug-likeness (QED) is 0.377. The van der Waals surface area contributed by atoms with Gasteiger partial charge in [-0.3, -0.25) is 0 Å².